The van der Waals surface area contributed by atoms with E-state index >= 15 is 0 Å². The molecule has 1 aromatic carbocycles. The minimum Gasteiger partial charge on any atom is -0.811 e. The quantitative estimate of drug-likeness (QED) is 0.471. The molecule has 90 valence electrons. The van der Waals surface area contributed by atoms with Crippen molar-refractivity contribution >= 4 is 19.4 Å². The number of phenols is 1. The van der Waals surface area contributed by atoms with Gasteiger partial charge in [0.1, 0.15) is 5.75 Å². The van der Waals surface area contributed by atoms with E-state index in [0.29, 0.717) is 18.6 Å². The maximum Gasteiger partial charge on any atom is 0.129 e. The van der Waals surface area contributed by atoms with Crippen LogP contribution in [0.4, 0.5) is 0 Å². The molecule has 0 atom stereocenters. The van der Waals surface area contributed by atoms with E-state index in [9.17, 15) is 19.5 Å². The van der Waals surface area contributed by atoms with Gasteiger partial charge < -0.3 is 19.5 Å². The van der Waals surface area contributed by atoms with Crippen molar-refractivity contribution in [3.05, 3.63) is 24.3 Å². The van der Waals surface area contributed by atoms with E-state index in [-0.39, 0.29) is 11.9 Å². The molecule has 0 fully saturated rings. The van der Waals surface area contributed by atoms with Gasteiger partial charge in [0.15, 0.2) is 0 Å². The van der Waals surface area contributed by atoms with Crippen molar-refractivity contribution in [1.29, 1.82) is 0 Å². The van der Waals surface area contributed by atoms with Gasteiger partial charge in [0.25, 0.3) is 0 Å². The number of benzene rings is 1. The lowest BCUT2D eigenvalue weighted by molar-refractivity contribution is -0.313. The molecule has 1 aromatic rings. The predicted octanol–water partition coefficient (Wildman–Crippen LogP) is 1.18. The molecule has 0 spiro atoms. The van der Waals surface area contributed by atoms with Gasteiger partial charge in [-0.2, -0.15) is 0 Å². The second-order valence-electron chi connectivity index (χ2n) is 3.36. The molecule has 0 unspecified atom stereocenters. The number of phenolic OH excluding ortho intramolecular Hbond substituents is 1. The smallest absolute Gasteiger partial charge is 0.129 e. The van der Waals surface area contributed by atoms with Gasteiger partial charge in [-0.15, -0.1) is 11.8 Å². The largest absolute Gasteiger partial charge is 0.811 e. The van der Waals surface area contributed by atoms with Crippen LogP contribution < -0.4 is 9.79 Å². The summed E-state index contributed by atoms with van der Waals surface area (Å²) in [5.41, 5.74) is 0. The molecule has 0 aliphatic heterocycles. The maximum atomic E-state index is 10.3. The van der Waals surface area contributed by atoms with Crippen LogP contribution in [-0.4, -0.2) is 17.0 Å². The highest BCUT2D eigenvalue weighted by Crippen LogP contribution is 2.29. The molecule has 0 amide bonds. The number of hydrogen-bond donors (Lipinski definition) is 1. The Morgan fingerprint density at radius 2 is 1.94 bits per heavy atom. The molecule has 0 saturated heterocycles. The third kappa shape index (κ3) is 5.56. The Kier molecular flexibility index (Phi) is 5.35. The van der Waals surface area contributed by atoms with Gasteiger partial charge in [-0.3, -0.25) is 0 Å². The third-order valence-electron chi connectivity index (χ3n) is 1.95. The molecule has 1 N–H and O–H groups in total. The summed E-state index contributed by atoms with van der Waals surface area (Å²) in [5.74, 6) is 0.920. The minimum atomic E-state index is -4.35. The zero-order chi connectivity index (χ0) is 12.0. The van der Waals surface area contributed by atoms with E-state index in [2.05, 4.69) is 0 Å². The highest BCUT2D eigenvalue weighted by Gasteiger charge is 2.00. The Balaban J connectivity index is 2.22. The van der Waals surface area contributed by atoms with E-state index in [0.717, 1.165) is 4.90 Å². The van der Waals surface area contributed by atoms with Crippen LogP contribution in [0.15, 0.2) is 29.2 Å². The Bertz CT molecular complexity index is 377. The van der Waals surface area contributed by atoms with Crippen LogP contribution >= 0.6 is 19.4 Å². The van der Waals surface area contributed by atoms with Crippen molar-refractivity contribution in [2.45, 2.75) is 17.7 Å². The molecule has 1 rings (SSSR count). The monoisotopic (exact) mass is 260 g/mol. The van der Waals surface area contributed by atoms with Gasteiger partial charge in [-0.1, -0.05) is 19.7 Å². The summed E-state index contributed by atoms with van der Waals surface area (Å²) in [7, 11) is -4.35. The molecular weight excluding hydrogens is 247 g/mol. The van der Waals surface area contributed by atoms with E-state index in [1.165, 1.54) is 11.8 Å². The highest BCUT2D eigenvalue weighted by atomic mass is 32.2. The molecule has 0 saturated carbocycles. The van der Waals surface area contributed by atoms with Crippen LogP contribution in [-0.2, 0) is 4.57 Å². The van der Waals surface area contributed by atoms with Crippen molar-refractivity contribution < 1.29 is 19.5 Å². The fraction of sp³-hybridized carbons (Fsp3) is 0.400. The molecular formula is C10H13O4PS-2. The summed E-state index contributed by atoms with van der Waals surface area (Å²) < 4.78 is 10.3. The summed E-state index contributed by atoms with van der Waals surface area (Å²) in [5, 5.41) is 9.43. The molecule has 4 nitrogen and oxygen atoms in total. The number of para-hydroxylation sites is 1. The lowest BCUT2D eigenvalue weighted by Gasteiger charge is -2.29. The van der Waals surface area contributed by atoms with Gasteiger partial charge in [-0.25, -0.2) is 0 Å². The van der Waals surface area contributed by atoms with Gasteiger partial charge >= 0.3 is 0 Å². The summed E-state index contributed by atoms with van der Waals surface area (Å²) in [4.78, 5) is 21.5. The Morgan fingerprint density at radius 3 is 2.56 bits per heavy atom. The van der Waals surface area contributed by atoms with Gasteiger partial charge in [-0.05, 0) is 36.9 Å². The van der Waals surface area contributed by atoms with Crippen molar-refractivity contribution in [2.75, 3.05) is 11.9 Å². The zero-order valence-electron chi connectivity index (χ0n) is 8.67. The first kappa shape index (κ1) is 13.6. The van der Waals surface area contributed by atoms with Gasteiger partial charge in [0, 0.05) is 4.90 Å². The Morgan fingerprint density at radius 1 is 1.25 bits per heavy atom. The van der Waals surface area contributed by atoms with Crippen molar-refractivity contribution in [2.24, 2.45) is 0 Å². The Hall–Kier alpha value is -0.480. The summed E-state index contributed by atoms with van der Waals surface area (Å²) in [6, 6.07) is 6.97. The normalized spacial score (nSPS) is 11.6. The first-order chi connectivity index (χ1) is 7.49. The molecule has 0 heterocycles. The number of aromatic hydroxyl groups is 1. The second-order valence-corrected chi connectivity index (χ2v) is 6.16. The van der Waals surface area contributed by atoms with Gasteiger partial charge in [0.2, 0.25) is 0 Å². The summed E-state index contributed by atoms with van der Waals surface area (Å²) in [6.07, 6.45) is 0.743. The fourth-order valence-corrected chi connectivity index (χ4v) is 2.74. The van der Waals surface area contributed by atoms with E-state index in [4.69, 9.17) is 0 Å². The fourth-order valence-electron chi connectivity index (χ4n) is 1.17. The van der Waals surface area contributed by atoms with Crippen LogP contribution in [0.5, 0.6) is 5.75 Å². The van der Waals surface area contributed by atoms with Crippen LogP contribution in [0.3, 0.4) is 0 Å². The maximum absolute atomic E-state index is 10.3. The number of hydrogen-bond acceptors (Lipinski definition) is 5. The molecule has 16 heavy (non-hydrogen) atoms. The molecule has 0 aromatic heterocycles. The van der Waals surface area contributed by atoms with Crippen molar-refractivity contribution in [3.8, 4) is 5.75 Å². The summed E-state index contributed by atoms with van der Waals surface area (Å²) in [6.45, 7) is 0. The lowest BCUT2D eigenvalue weighted by atomic mass is 10.3. The zero-order valence-corrected chi connectivity index (χ0v) is 10.4. The van der Waals surface area contributed by atoms with Gasteiger partial charge in [0.05, 0.1) is 0 Å². The molecule has 0 radical (unpaired) electrons. The standard InChI is InChI=1S/C10H15O4PS/c11-9-5-1-2-6-10(9)16-8-4-3-7-15(12,13)14/h1-2,5-6,11H,3-4,7-8H2,(H2,12,13,14)/p-2. The number of unbranched alkanes of at least 4 members (excludes halogenated alkanes) is 1. The van der Waals surface area contributed by atoms with E-state index in [1.807, 2.05) is 6.07 Å². The van der Waals surface area contributed by atoms with E-state index < -0.39 is 7.60 Å². The first-order valence-corrected chi connectivity index (χ1v) is 7.62. The average Bonchev–Trinajstić information content (AvgIpc) is 2.18. The van der Waals surface area contributed by atoms with Crippen LogP contribution in [0.2, 0.25) is 0 Å². The predicted molar refractivity (Wildman–Crippen MR) is 60.5 cm³/mol. The molecule has 6 heteroatoms. The topological polar surface area (TPSA) is 83.4 Å². The first-order valence-electron chi connectivity index (χ1n) is 4.91. The van der Waals surface area contributed by atoms with Crippen LogP contribution in [0.1, 0.15) is 12.8 Å². The van der Waals surface area contributed by atoms with Crippen LogP contribution in [0, 0.1) is 0 Å². The molecule has 0 aliphatic rings. The SMILES string of the molecule is O=P([O-])([O-])CCCCSc1ccccc1O. The third-order valence-corrected chi connectivity index (χ3v) is 3.96. The van der Waals surface area contributed by atoms with E-state index in [1.54, 1.807) is 18.2 Å². The number of thioether (sulfide) groups is 1. The summed E-state index contributed by atoms with van der Waals surface area (Å²) >= 11 is 1.45. The average molecular weight is 260 g/mol. The lowest BCUT2D eigenvalue weighted by Crippen LogP contribution is -2.16. The van der Waals surface area contributed by atoms with Crippen molar-refractivity contribution in [3.63, 3.8) is 0 Å². The second kappa shape index (κ2) is 6.30. The molecule has 0 aliphatic carbocycles. The van der Waals surface area contributed by atoms with Crippen molar-refractivity contribution in [1.82, 2.24) is 0 Å². The van der Waals surface area contributed by atoms with Crippen LogP contribution in [0.25, 0.3) is 0 Å². The number of rotatable bonds is 6. The Labute approximate surface area is 98.9 Å². The minimum absolute atomic E-state index is 0.228. The molecule has 0 bridgehead atoms. The highest BCUT2D eigenvalue weighted by molar-refractivity contribution is 7.99.